The Morgan fingerprint density at radius 2 is 1.00 bits per heavy atom. The van der Waals surface area contributed by atoms with Gasteiger partial charge in [-0.1, -0.05) is 64.1 Å². The molecule has 0 saturated heterocycles. The van der Waals surface area contributed by atoms with Crippen LogP contribution in [-0.2, 0) is 9.59 Å². The van der Waals surface area contributed by atoms with Crippen molar-refractivity contribution < 1.29 is 9.59 Å². The third kappa shape index (κ3) is 71.3. The van der Waals surface area contributed by atoms with Crippen molar-refractivity contribution in [2.75, 3.05) is 6.54 Å². The largest absolute Gasteiger partial charge is 0.357 e. The van der Waals surface area contributed by atoms with Crippen LogP contribution in [0, 0.1) is 0 Å². The van der Waals surface area contributed by atoms with E-state index >= 15 is 0 Å². The number of carbonyl (C=O) groups excluding carboxylic acids is 2. The zero-order valence-electron chi connectivity index (χ0n) is 13.2. The quantitative estimate of drug-likeness (QED) is 0.826. The highest BCUT2D eigenvalue weighted by molar-refractivity contribution is 5.72. The molecule has 0 heterocycles. The lowest BCUT2D eigenvalue weighted by molar-refractivity contribution is -0.119. The Labute approximate surface area is 125 Å². The van der Waals surface area contributed by atoms with E-state index in [-0.39, 0.29) is 19.1 Å². The third-order valence-corrected chi connectivity index (χ3v) is 1.09. The number of nitrogens with one attached hydrogen (secondary N) is 1. The number of Topliss-reactive ketones (excluding diaryl/α,β-unsaturated/α-hetero) is 1. The van der Waals surface area contributed by atoms with Gasteiger partial charge in [0.25, 0.3) is 0 Å². The van der Waals surface area contributed by atoms with E-state index in [1.54, 1.807) is 0 Å². The first-order valence-electron chi connectivity index (χ1n) is 6.63. The second-order valence-electron chi connectivity index (χ2n) is 3.86. The van der Waals surface area contributed by atoms with Crippen LogP contribution in [0.1, 0.15) is 55.4 Å². The summed E-state index contributed by atoms with van der Waals surface area (Å²) >= 11 is 0. The average Bonchev–Trinajstić information content (AvgIpc) is 2.32. The molecule has 1 aromatic carbocycles. The van der Waals surface area contributed by atoms with Gasteiger partial charge in [0, 0.05) is 13.5 Å². The summed E-state index contributed by atoms with van der Waals surface area (Å²) in [6.07, 6.45) is 1.25. The van der Waals surface area contributed by atoms with Crippen molar-refractivity contribution in [3.05, 3.63) is 36.4 Å². The third-order valence-electron chi connectivity index (χ3n) is 1.09. The van der Waals surface area contributed by atoms with E-state index in [0.29, 0.717) is 0 Å². The van der Waals surface area contributed by atoms with Gasteiger partial charge in [0.05, 0.1) is 0 Å². The normalized spacial score (nSPS) is 6.90. The smallest absolute Gasteiger partial charge is 0.216 e. The summed E-state index contributed by atoms with van der Waals surface area (Å²) in [4.78, 5) is 19.4. The highest BCUT2D eigenvalue weighted by Crippen LogP contribution is 1.79. The molecule has 0 saturated carbocycles. The first-order valence-corrected chi connectivity index (χ1v) is 6.63. The Kier molecular flexibility index (Phi) is 34.9. The van der Waals surface area contributed by atoms with Gasteiger partial charge in [-0.2, -0.15) is 0 Å². The van der Waals surface area contributed by atoms with Crippen LogP contribution in [0.3, 0.4) is 0 Å². The van der Waals surface area contributed by atoms with Crippen LogP contribution < -0.4 is 5.32 Å². The van der Waals surface area contributed by atoms with Gasteiger partial charge in [0.1, 0.15) is 5.78 Å². The summed E-state index contributed by atoms with van der Waals surface area (Å²) in [5.41, 5.74) is 0. The van der Waals surface area contributed by atoms with Crippen molar-refractivity contribution in [3.63, 3.8) is 0 Å². The SMILES string of the molecule is C.CC(C)=O.CCC.CCNC(C)=O.c1ccccc1. The molecule has 1 aromatic rings. The van der Waals surface area contributed by atoms with E-state index in [4.69, 9.17) is 0 Å². The fourth-order valence-electron chi connectivity index (χ4n) is 0.634. The van der Waals surface area contributed by atoms with Gasteiger partial charge in [0.2, 0.25) is 5.91 Å². The topological polar surface area (TPSA) is 46.2 Å². The minimum Gasteiger partial charge on any atom is -0.357 e. The van der Waals surface area contributed by atoms with Gasteiger partial charge in [-0.15, -0.1) is 0 Å². The molecular formula is C17H33NO2. The van der Waals surface area contributed by atoms with Gasteiger partial charge in [-0.05, 0) is 20.8 Å². The van der Waals surface area contributed by atoms with Crippen molar-refractivity contribution in [2.45, 2.75) is 55.4 Å². The van der Waals surface area contributed by atoms with Crippen LogP contribution in [0.5, 0.6) is 0 Å². The first kappa shape index (κ1) is 26.8. The summed E-state index contributed by atoms with van der Waals surface area (Å²) in [5, 5.41) is 2.57. The van der Waals surface area contributed by atoms with E-state index < -0.39 is 0 Å². The molecule has 0 aliphatic heterocycles. The van der Waals surface area contributed by atoms with Crippen LogP contribution in [0.15, 0.2) is 36.4 Å². The molecule has 20 heavy (non-hydrogen) atoms. The predicted octanol–water partition coefficient (Wildman–Crippen LogP) is 4.48. The maximum Gasteiger partial charge on any atom is 0.216 e. The number of amides is 1. The van der Waals surface area contributed by atoms with Gasteiger partial charge in [0.15, 0.2) is 0 Å². The molecule has 118 valence electrons. The number of benzene rings is 1. The molecule has 3 heteroatoms. The Balaban J connectivity index is -0.0000000873. The zero-order chi connectivity index (χ0) is 15.5. The minimum atomic E-state index is 0. The van der Waals surface area contributed by atoms with Gasteiger partial charge < -0.3 is 10.1 Å². The molecule has 1 amide bonds. The van der Waals surface area contributed by atoms with E-state index in [1.807, 2.05) is 43.3 Å². The molecule has 0 atom stereocenters. The molecule has 0 bridgehead atoms. The lowest BCUT2D eigenvalue weighted by Gasteiger charge is -1.88. The van der Waals surface area contributed by atoms with Crippen LogP contribution in [0.4, 0.5) is 0 Å². The van der Waals surface area contributed by atoms with E-state index in [2.05, 4.69) is 19.2 Å². The first-order chi connectivity index (χ1) is 8.92. The fourth-order valence-corrected chi connectivity index (χ4v) is 0.634. The molecule has 0 aliphatic carbocycles. The lowest BCUT2D eigenvalue weighted by atomic mass is 10.4. The Bertz CT molecular complexity index is 254. The number of hydrogen-bond acceptors (Lipinski definition) is 2. The van der Waals surface area contributed by atoms with Crippen molar-refractivity contribution in [3.8, 4) is 0 Å². The minimum absolute atomic E-state index is 0. The summed E-state index contributed by atoms with van der Waals surface area (Å²) in [6, 6.07) is 12.0. The number of carbonyl (C=O) groups is 2. The van der Waals surface area contributed by atoms with E-state index in [0.717, 1.165) is 6.54 Å². The van der Waals surface area contributed by atoms with Crippen molar-refractivity contribution in [1.82, 2.24) is 5.32 Å². The zero-order valence-corrected chi connectivity index (χ0v) is 13.2. The van der Waals surface area contributed by atoms with Crippen molar-refractivity contribution >= 4 is 11.7 Å². The van der Waals surface area contributed by atoms with Gasteiger partial charge >= 0.3 is 0 Å². The number of ketones is 1. The van der Waals surface area contributed by atoms with E-state index in [1.165, 1.54) is 27.2 Å². The summed E-state index contributed by atoms with van der Waals surface area (Å²) in [6.45, 7) is 11.4. The second-order valence-corrected chi connectivity index (χ2v) is 3.86. The maximum absolute atomic E-state index is 9.93. The Morgan fingerprint density at radius 3 is 1.05 bits per heavy atom. The molecule has 1 N–H and O–H groups in total. The lowest BCUT2D eigenvalue weighted by Crippen LogP contribution is -2.18. The maximum atomic E-state index is 9.93. The van der Waals surface area contributed by atoms with Crippen LogP contribution in [-0.4, -0.2) is 18.2 Å². The molecule has 0 unspecified atom stereocenters. The standard InChI is InChI=1S/C6H6.C4H9NO.C3H6O.C3H8.CH4/c1-2-4-6-5-3-1;1-3-5-4(2)6;1-3(2)4;1-3-2;/h1-6H;3H2,1-2H3,(H,5,6);1-2H3;3H2,1-2H3;1H4. The highest BCUT2D eigenvalue weighted by Gasteiger charge is 1.79. The van der Waals surface area contributed by atoms with Gasteiger partial charge in [-0.3, -0.25) is 4.79 Å². The molecule has 0 aromatic heterocycles. The molecule has 0 aliphatic rings. The molecule has 0 spiro atoms. The molecule has 0 fully saturated rings. The Hall–Kier alpha value is -1.64. The summed E-state index contributed by atoms with van der Waals surface area (Å²) in [5.74, 6) is 0.206. The van der Waals surface area contributed by atoms with Crippen LogP contribution in [0.2, 0.25) is 0 Å². The van der Waals surface area contributed by atoms with Gasteiger partial charge in [-0.25, -0.2) is 0 Å². The summed E-state index contributed by atoms with van der Waals surface area (Å²) < 4.78 is 0. The second kappa shape index (κ2) is 26.0. The van der Waals surface area contributed by atoms with Crippen molar-refractivity contribution in [1.29, 1.82) is 0 Å². The fraction of sp³-hybridized carbons (Fsp3) is 0.529. The Morgan fingerprint density at radius 1 is 0.800 bits per heavy atom. The van der Waals surface area contributed by atoms with Crippen LogP contribution in [0.25, 0.3) is 0 Å². The highest BCUT2D eigenvalue weighted by atomic mass is 16.1. The molecular weight excluding hydrogens is 250 g/mol. The number of rotatable bonds is 1. The summed E-state index contributed by atoms with van der Waals surface area (Å²) in [7, 11) is 0. The van der Waals surface area contributed by atoms with Crippen LogP contribution >= 0.6 is 0 Å². The van der Waals surface area contributed by atoms with Crippen molar-refractivity contribution in [2.24, 2.45) is 0 Å². The average molecular weight is 283 g/mol. The van der Waals surface area contributed by atoms with E-state index in [9.17, 15) is 9.59 Å². The molecule has 0 radical (unpaired) electrons. The molecule has 3 nitrogen and oxygen atoms in total. The monoisotopic (exact) mass is 283 g/mol. The predicted molar refractivity (Wildman–Crippen MR) is 89.9 cm³/mol. The molecule has 1 rings (SSSR count). The number of hydrogen-bond donors (Lipinski definition) is 1.